The molecule has 5 heteroatoms. The quantitative estimate of drug-likeness (QED) is 0.668. The molecule has 1 saturated heterocycles. The molecule has 1 aliphatic heterocycles. The lowest BCUT2D eigenvalue weighted by atomic mass is 9.96. The number of rotatable bonds is 3. The first-order chi connectivity index (χ1) is 10.7. The Morgan fingerprint density at radius 1 is 1.26 bits per heavy atom. The molecule has 1 fully saturated rings. The van der Waals surface area contributed by atoms with E-state index in [1.54, 1.807) is 0 Å². The van der Waals surface area contributed by atoms with Gasteiger partial charge in [0.15, 0.2) is 0 Å². The number of carbonyl (C=O) groups excluding carboxylic acids is 1. The van der Waals surface area contributed by atoms with Crippen LogP contribution in [0.1, 0.15) is 33.6 Å². The van der Waals surface area contributed by atoms with Gasteiger partial charge in [-0.15, -0.1) is 0 Å². The second kappa shape index (κ2) is 7.73. The second-order valence-corrected chi connectivity index (χ2v) is 8.51. The molecule has 0 spiro atoms. The van der Waals surface area contributed by atoms with E-state index < -0.39 is 5.60 Å². The molecular weight excluding hydrogens is 403 g/mol. The molecule has 0 radical (unpaired) electrons. The van der Waals surface area contributed by atoms with Crippen LogP contribution in [0, 0.1) is 9.49 Å². The average molecular weight is 430 g/mol. The van der Waals surface area contributed by atoms with Crippen LogP contribution in [0.2, 0.25) is 0 Å². The van der Waals surface area contributed by atoms with Gasteiger partial charge in [0.2, 0.25) is 0 Å². The highest BCUT2D eigenvalue weighted by Crippen LogP contribution is 2.23. The van der Waals surface area contributed by atoms with Gasteiger partial charge in [0.25, 0.3) is 0 Å². The Kier molecular flexibility index (Phi) is 6.17. The molecule has 23 heavy (non-hydrogen) atoms. The van der Waals surface area contributed by atoms with Crippen molar-refractivity contribution in [2.24, 2.45) is 5.92 Å². The summed E-state index contributed by atoms with van der Waals surface area (Å²) in [6.45, 7) is 8.35. The van der Waals surface area contributed by atoms with Crippen LogP contribution in [-0.2, 0) is 4.74 Å². The van der Waals surface area contributed by atoms with E-state index in [2.05, 4.69) is 58.8 Å². The number of nitrogens with zero attached hydrogens (tertiary/aromatic N) is 2. The van der Waals surface area contributed by atoms with Crippen LogP contribution in [0.3, 0.4) is 0 Å². The third-order valence-electron chi connectivity index (χ3n) is 4.07. The molecule has 0 saturated carbocycles. The van der Waals surface area contributed by atoms with E-state index in [0.717, 1.165) is 32.5 Å². The van der Waals surface area contributed by atoms with E-state index in [1.165, 1.54) is 9.26 Å². The van der Waals surface area contributed by atoms with Crippen LogP contribution in [0.25, 0.3) is 0 Å². The van der Waals surface area contributed by atoms with Gasteiger partial charge in [-0.1, -0.05) is 0 Å². The van der Waals surface area contributed by atoms with Crippen molar-refractivity contribution in [2.75, 3.05) is 31.6 Å². The topological polar surface area (TPSA) is 32.8 Å². The SMILES string of the molecule is CN(CC1CCN(C(=O)OC(C)(C)C)CC1)c1ccc(I)cc1. The van der Waals surface area contributed by atoms with Crippen LogP contribution in [-0.4, -0.2) is 43.3 Å². The summed E-state index contributed by atoms with van der Waals surface area (Å²) in [4.78, 5) is 16.2. The predicted molar refractivity (Wildman–Crippen MR) is 103 cm³/mol. The van der Waals surface area contributed by atoms with Gasteiger partial charge < -0.3 is 14.5 Å². The minimum atomic E-state index is -0.418. The lowest BCUT2D eigenvalue weighted by molar-refractivity contribution is 0.0186. The molecule has 0 atom stereocenters. The molecule has 128 valence electrons. The first-order valence-corrected chi connectivity index (χ1v) is 9.27. The molecular formula is C18H27IN2O2. The highest BCUT2D eigenvalue weighted by molar-refractivity contribution is 14.1. The minimum absolute atomic E-state index is 0.179. The van der Waals surface area contributed by atoms with Gasteiger partial charge in [-0.05, 0) is 86.4 Å². The van der Waals surface area contributed by atoms with Crippen LogP contribution in [0.5, 0.6) is 0 Å². The zero-order valence-electron chi connectivity index (χ0n) is 14.5. The number of benzene rings is 1. The van der Waals surface area contributed by atoms with Crippen molar-refractivity contribution < 1.29 is 9.53 Å². The molecule has 1 amide bonds. The number of anilines is 1. The molecule has 4 nitrogen and oxygen atoms in total. The number of hydrogen-bond acceptors (Lipinski definition) is 3. The van der Waals surface area contributed by atoms with Crippen molar-refractivity contribution in [3.8, 4) is 0 Å². The van der Waals surface area contributed by atoms with Crippen molar-refractivity contribution in [3.05, 3.63) is 27.8 Å². The summed E-state index contributed by atoms with van der Waals surface area (Å²) in [7, 11) is 2.14. The van der Waals surface area contributed by atoms with Crippen molar-refractivity contribution in [1.82, 2.24) is 4.90 Å². The van der Waals surface area contributed by atoms with Gasteiger partial charge >= 0.3 is 6.09 Å². The van der Waals surface area contributed by atoms with Crippen molar-refractivity contribution in [1.29, 1.82) is 0 Å². The van der Waals surface area contributed by atoms with E-state index in [-0.39, 0.29) is 6.09 Å². The molecule has 2 rings (SSSR count). The van der Waals surface area contributed by atoms with Crippen LogP contribution < -0.4 is 4.90 Å². The molecule has 1 aliphatic rings. The van der Waals surface area contributed by atoms with Gasteiger partial charge in [-0.25, -0.2) is 4.79 Å². The van der Waals surface area contributed by atoms with Gasteiger partial charge in [0.05, 0.1) is 0 Å². The molecule has 1 aromatic carbocycles. The molecule has 0 aliphatic carbocycles. The fraction of sp³-hybridized carbons (Fsp3) is 0.611. The summed E-state index contributed by atoms with van der Waals surface area (Å²) < 4.78 is 6.70. The lowest BCUT2D eigenvalue weighted by Crippen LogP contribution is -2.43. The lowest BCUT2D eigenvalue weighted by Gasteiger charge is -2.35. The first kappa shape index (κ1) is 18.4. The van der Waals surface area contributed by atoms with E-state index >= 15 is 0 Å². The standard InChI is InChI=1S/C18H27IN2O2/c1-18(2,3)23-17(22)21-11-9-14(10-12-21)13-20(4)16-7-5-15(19)6-8-16/h5-8,14H,9-13H2,1-4H3. The highest BCUT2D eigenvalue weighted by atomic mass is 127. The largest absolute Gasteiger partial charge is 0.444 e. The molecule has 0 aromatic heterocycles. The average Bonchev–Trinajstić information content (AvgIpc) is 2.46. The summed E-state index contributed by atoms with van der Waals surface area (Å²) in [5.74, 6) is 0.623. The Bertz CT molecular complexity index is 517. The van der Waals surface area contributed by atoms with Crippen LogP contribution >= 0.6 is 22.6 Å². The number of hydrogen-bond donors (Lipinski definition) is 0. The smallest absolute Gasteiger partial charge is 0.410 e. The van der Waals surface area contributed by atoms with Gasteiger partial charge in [-0.3, -0.25) is 0 Å². The van der Waals surface area contributed by atoms with Crippen molar-refractivity contribution >= 4 is 34.4 Å². The molecule has 0 unspecified atom stereocenters. The van der Waals surface area contributed by atoms with E-state index in [1.807, 2.05) is 25.7 Å². The Labute approximate surface area is 153 Å². The number of carbonyl (C=O) groups is 1. The Balaban J connectivity index is 1.80. The number of piperidine rings is 1. The van der Waals surface area contributed by atoms with Crippen molar-refractivity contribution in [3.63, 3.8) is 0 Å². The fourth-order valence-electron chi connectivity index (χ4n) is 2.81. The fourth-order valence-corrected chi connectivity index (χ4v) is 3.17. The minimum Gasteiger partial charge on any atom is -0.444 e. The summed E-state index contributed by atoms with van der Waals surface area (Å²) in [5, 5.41) is 0. The summed E-state index contributed by atoms with van der Waals surface area (Å²) in [6.07, 6.45) is 1.89. The normalized spacial score (nSPS) is 16.3. The maximum atomic E-state index is 12.1. The van der Waals surface area contributed by atoms with Crippen LogP contribution in [0.4, 0.5) is 10.5 Å². The van der Waals surface area contributed by atoms with E-state index in [9.17, 15) is 4.79 Å². The zero-order chi connectivity index (χ0) is 17.0. The highest BCUT2D eigenvalue weighted by Gasteiger charge is 2.27. The number of amides is 1. The van der Waals surface area contributed by atoms with Crippen molar-refractivity contribution in [2.45, 2.75) is 39.2 Å². The van der Waals surface area contributed by atoms with Gasteiger partial charge in [-0.2, -0.15) is 0 Å². The predicted octanol–water partition coefficient (Wildman–Crippen LogP) is 4.37. The van der Waals surface area contributed by atoms with Gasteiger partial charge in [0, 0.05) is 35.9 Å². The monoisotopic (exact) mass is 430 g/mol. The molecule has 1 aromatic rings. The molecule has 0 N–H and O–H groups in total. The maximum absolute atomic E-state index is 12.1. The van der Waals surface area contributed by atoms with Gasteiger partial charge in [0.1, 0.15) is 5.60 Å². The number of likely N-dealkylation sites (tertiary alicyclic amines) is 1. The zero-order valence-corrected chi connectivity index (χ0v) is 16.7. The van der Waals surface area contributed by atoms with E-state index in [0.29, 0.717) is 5.92 Å². The third kappa shape index (κ3) is 5.86. The first-order valence-electron chi connectivity index (χ1n) is 8.19. The summed E-state index contributed by atoms with van der Waals surface area (Å²) in [5.41, 5.74) is 0.832. The Hall–Kier alpha value is -0.980. The number of halogens is 1. The summed E-state index contributed by atoms with van der Waals surface area (Å²) in [6, 6.07) is 8.60. The van der Waals surface area contributed by atoms with Crippen LogP contribution in [0.15, 0.2) is 24.3 Å². The molecule has 0 bridgehead atoms. The molecule has 1 heterocycles. The third-order valence-corrected chi connectivity index (χ3v) is 4.78. The summed E-state index contributed by atoms with van der Waals surface area (Å²) >= 11 is 2.32. The van der Waals surface area contributed by atoms with E-state index in [4.69, 9.17) is 4.74 Å². The Morgan fingerprint density at radius 3 is 2.35 bits per heavy atom. The second-order valence-electron chi connectivity index (χ2n) is 7.27. The maximum Gasteiger partial charge on any atom is 0.410 e. The number of ether oxygens (including phenoxy) is 1. The Morgan fingerprint density at radius 2 is 1.83 bits per heavy atom.